The standard InChI is InChI=1S/C66H96N4O19/c1-13-53(71)39-89-66(22-10,50-88-58(76)18-6)49-81-42-65(21-9,46-85-57(75)17-5)48-87-59(77)27-29-67-31-35-69(36-32-67)52-25-23-51(24-26-52)61(79)62(11,12)70-37-33-68(34-38-70)30-28-60(78)86-47-64(20-8,45-84-56(74)16-4)41-80-40-63(19-7,43-82-54(72)14-2)44-83-55(73)15-3/h13-18,23-26H,1-6,19-22,27-50H2,7-12H3. The second-order valence-electron chi connectivity index (χ2n) is 23.0. The summed E-state index contributed by atoms with van der Waals surface area (Å²) >= 11 is 0. The summed E-state index contributed by atoms with van der Waals surface area (Å²) in [4.78, 5) is 122. The topological polar surface area (TPSA) is 259 Å². The molecule has 0 amide bonds. The zero-order valence-corrected chi connectivity index (χ0v) is 53.4. The van der Waals surface area contributed by atoms with Crippen molar-refractivity contribution in [3.63, 3.8) is 0 Å². The fourth-order valence-corrected chi connectivity index (χ4v) is 9.53. The molecular weight excluding hydrogens is 1150 g/mol. The molecule has 89 heavy (non-hydrogen) atoms. The van der Waals surface area contributed by atoms with E-state index in [0.717, 1.165) is 42.1 Å². The molecule has 1 aromatic carbocycles. The van der Waals surface area contributed by atoms with Crippen LogP contribution in [0, 0.1) is 16.2 Å². The third-order valence-corrected chi connectivity index (χ3v) is 16.6. The van der Waals surface area contributed by atoms with E-state index >= 15 is 0 Å². The monoisotopic (exact) mass is 1250 g/mol. The van der Waals surface area contributed by atoms with Crippen LogP contribution < -0.4 is 4.90 Å². The Morgan fingerprint density at radius 2 is 0.798 bits per heavy atom. The summed E-state index contributed by atoms with van der Waals surface area (Å²) in [6.07, 6.45) is 7.95. The van der Waals surface area contributed by atoms with Crippen LogP contribution in [0.5, 0.6) is 0 Å². The van der Waals surface area contributed by atoms with Crippen molar-refractivity contribution in [1.29, 1.82) is 0 Å². The van der Waals surface area contributed by atoms with E-state index in [1.165, 1.54) is 0 Å². The fraction of sp³-hybridized carbons (Fsp3) is 0.591. The van der Waals surface area contributed by atoms with Gasteiger partial charge in [0.1, 0.15) is 58.5 Å². The number of Topliss-reactive ketones (excluding diaryl/α,β-unsaturated/α-hetero) is 1. The van der Waals surface area contributed by atoms with Gasteiger partial charge in [0, 0.05) is 107 Å². The smallest absolute Gasteiger partial charge is 0.330 e. The Kier molecular flexibility index (Phi) is 32.8. The number of rotatable bonds is 45. The number of ketones is 2. The second-order valence-corrected chi connectivity index (χ2v) is 23.0. The Balaban J connectivity index is 1.51. The predicted molar refractivity (Wildman–Crippen MR) is 332 cm³/mol. The van der Waals surface area contributed by atoms with Gasteiger partial charge in [0.2, 0.25) is 0 Å². The SMILES string of the molecule is C=CC(=O)COC(CC)(COCC(CC)(COC(=O)C=C)COC(=O)CCN1CCN(c2ccc(C(=O)C(C)(C)N3CCN(CCC(=O)OCC(CC)(COCC(CC)(COC(=O)C=C)COC(=O)C=C)COC(=O)C=C)CC3)cc2)CC1)COC(=O)C=C. The molecule has 0 bridgehead atoms. The maximum atomic E-state index is 14.1. The van der Waals surface area contributed by atoms with E-state index in [4.69, 9.17) is 47.4 Å². The number of benzene rings is 1. The van der Waals surface area contributed by atoms with E-state index < -0.39 is 69.2 Å². The number of esters is 7. The first kappa shape index (κ1) is 76.1. The van der Waals surface area contributed by atoms with Gasteiger partial charge >= 0.3 is 41.8 Å². The van der Waals surface area contributed by atoms with E-state index in [1.807, 2.05) is 58.9 Å². The number of hydrogen-bond donors (Lipinski definition) is 0. The van der Waals surface area contributed by atoms with E-state index in [0.29, 0.717) is 96.7 Å². The molecule has 1 aromatic rings. The molecule has 2 heterocycles. The van der Waals surface area contributed by atoms with Gasteiger partial charge < -0.3 is 57.2 Å². The minimum absolute atomic E-state index is 0.0143. The van der Waals surface area contributed by atoms with Gasteiger partial charge in [0.25, 0.3) is 0 Å². The molecule has 2 aliphatic heterocycles. The zero-order valence-electron chi connectivity index (χ0n) is 53.4. The third kappa shape index (κ3) is 25.3. The molecule has 23 heteroatoms. The van der Waals surface area contributed by atoms with Crippen LogP contribution in [-0.4, -0.2) is 224 Å². The minimum atomic E-state index is -1.21. The summed E-state index contributed by atoms with van der Waals surface area (Å²) in [7, 11) is 0. The van der Waals surface area contributed by atoms with Crippen molar-refractivity contribution in [2.75, 3.05) is 150 Å². The van der Waals surface area contributed by atoms with Crippen LogP contribution in [-0.2, 0) is 85.7 Å². The van der Waals surface area contributed by atoms with Crippen LogP contribution in [0.3, 0.4) is 0 Å². The normalized spacial score (nSPS) is 16.1. The molecule has 0 spiro atoms. The summed E-state index contributed by atoms with van der Waals surface area (Å²) in [5, 5.41) is 0. The molecular formula is C66H96N4O19. The van der Waals surface area contributed by atoms with Gasteiger partial charge in [0.05, 0.1) is 61.1 Å². The molecule has 2 aliphatic rings. The quantitative estimate of drug-likeness (QED) is 0.0312. The lowest BCUT2D eigenvalue weighted by molar-refractivity contribution is -0.171. The lowest BCUT2D eigenvalue weighted by Crippen LogP contribution is -2.58. The second kappa shape index (κ2) is 38.4. The van der Waals surface area contributed by atoms with Gasteiger partial charge in [-0.1, -0.05) is 67.2 Å². The van der Waals surface area contributed by atoms with Crippen molar-refractivity contribution in [2.45, 2.75) is 91.2 Å². The maximum Gasteiger partial charge on any atom is 0.330 e. The zero-order chi connectivity index (χ0) is 66.1. The molecule has 494 valence electrons. The van der Waals surface area contributed by atoms with E-state index in [-0.39, 0.29) is 104 Å². The van der Waals surface area contributed by atoms with Crippen LogP contribution in [0.4, 0.5) is 5.69 Å². The lowest BCUT2D eigenvalue weighted by Gasteiger charge is -2.43. The number of piperazine rings is 2. The molecule has 0 radical (unpaired) electrons. The molecule has 2 fully saturated rings. The first-order valence-corrected chi connectivity index (χ1v) is 30.2. The van der Waals surface area contributed by atoms with E-state index in [2.05, 4.69) is 59.1 Å². The first-order valence-electron chi connectivity index (χ1n) is 30.2. The van der Waals surface area contributed by atoms with Crippen LogP contribution in [0.25, 0.3) is 0 Å². The van der Waals surface area contributed by atoms with Crippen molar-refractivity contribution in [2.24, 2.45) is 16.2 Å². The number of anilines is 1. The molecule has 0 saturated carbocycles. The average Bonchev–Trinajstić information content (AvgIpc) is 3.16. The predicted octanol–water partition coefficient (Wildman–Crippen LogP) is 6.04. The lowest BCUT2D eigenvalue weighted by atomic mass is 9.86. The highest BCUT2D eigenvalue weighted by atomic mass is 16.6. The molecule has 0 N–H and O–H groups in total. The number of hydrogen-bond acceptors (Lipinski definition) is 23. The number of carbonyl (C=O) groups is 9. The van der Waals surface area contributed by atoms with Crippen LogP contribution >= 0.6 is 0 Å². The highest BCUT2D eigenvalue weighted by molar-refractivity contribution is 6.03. The van der Waals surface area contributed by atoms with Gasteiger partial charge in [-0.05, 0) is 69.9 Å². The fourth-order valence-electron chi connectivity index (χ4n) is 9.53. The van der Waals surface area contributed by atoms with Crippen LogP contribution in [0.1, 0.15) is 90.4 Å². The van der Waals surface area contributed by atoms with Crippen molar-refractivity contribution < 1.29 is 90.5 Å². The molecule has 23 nitrogen and oxygen atoms in total. The molecule has 2 saturated heterocycles. The minimum Gasteiger partial charge on any atom is -0.465 e. The van der Waals surface area contributed by atoms with Gasteiger partial charge in [-0.2, -0.15) is 0 Å². The first-order chi connectivity index (χ1) is 42.4. The Hall–Kier alpha value is -7.15. The van der Waals surface area contributed by atoms with Crippen molar-refractivity contribution in [3.05, 3.63) is 106 Å². The Bertz CT molecular complexity index is 2520. The van der Waals surface area contributed by atoms with Crippen molar-refractivity contribution in [3.8, 4) is 0 Å². The maximum absolute atomic E-state index is 14.1. The third-order valence-electron chi connectivity index (χ3n) is 16.6. The summed E-state index contributed by atoms with van der Waals surface area (Å²) in [6.45, 7) is 36.4. The highest BCUT2D eigenvalue weighted by Gasteiger charge is 2.40. The van der Waals surface area contributed by atoms with E-state index in [1.54, 1.807) is 6.92 Å². The van der Waals surface area contributed by atoms with Crippen molar-refractivity contribution >= 4 is 59.0 Å². The molecule has 3 rings (SSSR count). The largest absolute Gasteiger partial charge is 0.465 e. The van der Waals surface area contributed by atoms with Crippen LogP contribution in [0.15, 0.2) is 100 Å². The summed E-state index contributed by atoms with van der Waals surface area (Å²) in [5.41, 5.74) is -3.32. The number of carbonyl (C=O) groups excluding carboxylic acids is 9. The summed E-state index contributed by atoms with van der Waals surface area (Å²) in [5.74, 6) is -4.58. The summed E-state index contributed by atoms with van der Waals surface area (Å²) in [6, 6.07) is 7.64. The van der Waals surface area contributed by atoms with Gasteiger partial charge in [-0.15, -0.1) is 0 Å². The number of nitrogens with zero attached hydrogens (tertiary/aromatic N) is 4. The number of ether oxygens (including phenoxy) is 10. The van der Waals surface area contributed by atoms with E-state index in [9.17, 15) is 43.2 Å². The van der Waals surface area contributed by atoms with Gasteiger partial charge in [-0.3, -0.25) is 29.0 Å². The Labute approximate surface area is 525 Å². The van der Waals surface area contributed by atoms with Gasteiger partial charge in [-0.25, -0.2) is 24.0 Å². The average molecular weight is 1250 g/mol. The summed E-state index contributed by atoms with van der Waals surface area (Å²) < 4.78 is 56.7. The highest BCUT2D eigenvalue weighted by Crippen LogP contribution is 2.31. The molecule has 3 unspecified atom stereocenters. The van der Waals surface area contributed by atoms with Gasteiger partial charge in [0.15, 0.2) is 11.6 Å². The molecule has 3 atom stereocenters. The molecule has 0 aromatic heterocycles. The van der Waals surface area contributed by atoms with Crippen molar-refractivity contribution in [1.82, 2.24) is 14.7 Å². The Morgan fingerprint density at radius 1 is 0.438 bits per heavy atom. The van der Waals surface area contributed by atoms with Crippen LogP contribution in [0.2, 0.25) is 0 Å². The molecule has 0 aliphatic carbocycles. The Morgan fingerprint density at radius 3 is 1.16 bits per heavy atom.